The maximum atomic E-state index is 13.1. The molecule has 0 aliphatic carbocycles. The molecule has 1 aromatic carbocycles. The molecule has 0 saturated carbocycles. The molecule has 3 rings (SSSR count). The fraction of sp³-hybridized carbons (Fsp3) is 0.316. The van der Waals surface area contributed by atoms with Crippen LogP contribution in [0.5, 0.6) is 0 Å². The van der Waals surface area contributed by atoms with E-state index in [9.17, 15) is 14.4 Å². The molecule has 6 heteroatoms. The Labute approximate surface area is 146 Å². The average molecular weight is 340 g/mol. The first-order chi connectivity index (χ1) is 12.1. The molecule has 6 nitrogen and oxygen atoms in total. The molecule has 0 spiro atoms. The van der Waals surface area contributed by atoms with Crippen LogP contribution in [-0.4, -0.2) is 54.4 Å². The van der Waals surface area contributed by atoms with Gasteiger partial charge in [-0.05, 0) is 6.07 Å². The van der Waals surface area contributed by atoms with Crippen molar-refractivity contribution < 1.29 is 14.5 Å². The number of nitrogens with one attached hydrogen (secondary N) is 1. The molecule has 1 saturated heterocycles. The summed E-state index contributed by atoms with van der Waals surface area (Å²) in [7, 11) is 2.08. The van der Waals surface area contributed by atoms with Crippen molar-refractivity contribution in [2.24, 2.45) is 0 Å². The zero-order chi connectivity index (χ0) is 17.8. The minimum absolute atomic E-state index is 0.311. The van der Waals surface area contributed by atoms with Crippen LogP contribution >= 0.6 is 0 Å². The van der Waals surface area contributed by atoms with Crippen LogP contribution in [0.4, 0.5) is 0 Å². The molecule has 1 atom stereocenters. The number of ketones is 1. The van der Waals surface area contributed by atoms with Gasteiger partial charge in [0.15, 0.2) is 11.8 Å². The van der Waals surface area contributed by atoms with Gasteiger partial charge in [-0.25, -0.2) is 0 Å². The van der Waals surface area contributed by atoms with E-state index in [2.05, 4.69) is 7.05 Å². The number of carbonyl (C=O) groups is 2. The number of quaternary nitrogens is 1. The first kappa shape index (κ1) is 17.1. The molecule has 1 fully saturated rings. The van der Waals surface area contributed by atoms with Crippen LogP contribution in [0.1, 0.15) is 16.4 Å². The Morgan fingerprint density at radius 3 is 2.28 bits per heavy atom. The largest absolute Gasteiger partial charge is 0.334 e. The molecule has 0 bridgehead atoms. The summed E-state index contributed by atoms with van der Waals surface area (Å²) in [6, 6.07) is 12.1. The van der Waals surface area contributed by atoms with Gasteiger partial charge in [-0.3, -0.25) is 19.0 Å². The summed E-state index contributed by atoms with van der Waals surface area (Å²) < 4.78 is 1.24. The molecular formula is C19H22N3O3+. The fourth-order valence-corrected chi connectivity index (χ4v) is 3.05. The van der Waals surface area contributed by atoms with Crippen molar-refractivity contribution in [1.29, 1.82) is 0 Å². The standard InChI is InChI=1S/C19H21N3O3/c1-20-11-13-21(14-12-20)19(25)17(22-10-6-5-9-16(22)23)18(24)15-7-3-2-4-8-15/h2-10,17H,11-14H2,1H3/p+1/t17-/m0/s1. The molecule has 1 aliphatic heterocycles. The second kappa shape index (κ2) is 7.44. The van der Waals surface area contributed by atoms with Crippen molar-refractivity contribution in [3.63, 3.8) is 0 Å². The number of hydrogen-bond donors (Lipinski definition) is 1. The lowest BCUT2D eigenvalue weighted by atomic mass is 10.0. The highest BCUT2D eigenvalue weighted by Crippen LogP contribution is 2.16. The topological polar surface area (TPSA) is 63.8 Å². The summed E-state index contributed by atoms with van der Waals surface area (Å²) in [5.41, 5.74) is 0.0706. The lowest BCUT2D eigenvalue weighted by Gasteiger charge is -2.32. The second-order valence-corrected chi connectivity index (χ2v) is 6.36. The number of benzene rings is 1. The maximum absolute atomic E-state index is 13.1. The summed E-state index contributed by atoms with van der Waals surface area (Å²) in [5, 5.41) is 0. The van der Waals surface area contributed by atoms with E-state index in [0.29, 0.717) is 18.7 Å². The Kier molecular flexibility index (Phi) is 5.09. The molecule has 2 heterocycles. The van der Waals surface area contributed by atoms with E-state index >= 15 is 0 Å². The van der Waals surface area contributed by atoms with Crippen molar-refractivity contribution in [2.75, 3.05) is 33.2 Å². The van der Waals surface area contributed by atoms with Gasteiger partial charge in [0.1, 0.15) is 0 Å². The van der Waals surface area contributed by atoms with E-state index in [1.165, 1.54) is 21.7 Å². The van der Waals surface area contributed by atoms with Crippen LogP contribution in [-0.2, 0) is 4.79 Å². The van der Waals surface area contributed by atoms with Crippen molar-refractivity contribution in [3.05, 3.63) is 70.6 Å². The van der Waals surface area contributed by atoms with E-state index in [0.717, 1.165) is 13.1 Å². The van der Waals surface area contributed by atoms with Gasteiger partial charge in [0, 0.05) is 17.8 Å². The third kappa shape index (κ3) is 3.69. The van der Waals surface area contributed by atoms with Crippen LogP contribution in [0.3, 0.4) is 0 Å². The fourth-order valence-electron chi connectivity index (χ4n) is 3.05. The van der Waals surface area contributed by atoms with Gasteiger partial charge in [-0.2, -0.15) is 0 Å². The second-order valence-electron chi connectivity index (χ2n) is 6.36. The van der Waals surface area contributed by atoms with Gasteiger partial charge in [0.2, 0.25) is 0 Å². The first-order valence-corrected chi connectivity index (χ1v) is 8.44. The van der Waals surface area contributed by atoms with Gasteiger partial charge in [-0.15, -0.1) is 0 Å². The Morgan fingerprint density at radius 1 is 1.00 bits per heavy atom. The van der Waals surface area contributed by atoms with E-state index in [1.807, 2.05) is 6.07 Å². The number of Topliss-reactive ketones (excluding diaryl/α,β-unsaturated/α-hetero) is 1. The van der Waals surface area contributed by atoms with Gasteiger partial charge in [0.25, 0.3) is 11.5 Å². The molecule has 130 valence electrons. The van der Waals surface area contributed by atoms with Crippen molar-refractivity contribution in [1.82, 2.24) is 9.47 Å². The van der Waals surface area contributed by atoms with Crippen molar-refractivity contribution >= 4 is 11.7 Å². The smallest absolute Gasteiger partial charge is 0.254 e. The number of aromatic nitrogens is 1. The lowest BCUT2D eigenvalue weighted by molar-refractivity contribution is -0.883. The Morgan fingerprint density at radius 2 is 1.64 bits per heavy atom. The van der Waals surface area contributed by atoms with Gasteiger partial charge < -0.3 is 9.80 Å². The number of pyridine rings is 1. The molecule has 1 amide bonds. The number of piperazine rings is 1. The molecule has 0 unspecified atom stereocenters. The minimum atomic E-state index is -1.16. The summed E-state index contributed by atoms with van der Waals surface area (Å²) in [6.07, 6.45) is 1.51. The molecule has 2 aromatic rings. The highest BCUT2D eigenvalue weighted by Gasteiger charge is 2.35. The van der Waals surface area contributed by atoms with Crippen LogP contribution in [0.15, 0.2) is 59.5 Å². The molecule has 1 N–H and O–H groups in total. The van der Waals surface area contributed by atoms with Gasteiger partial charge >= 0.3 is 0 Å². The van der Waals surface area contributed by atoms with E-state index in [-0.39, 0.29) is 17.2 Å². The number of carbonyl (C=O) groups excluding carboxylic acids is 2. The predicted octanol–water partition coefficient (Wildman–Crippen LogP) is -0.371. The van der Waals surface area contributed by atoms with Crippen LogP contribution in [0, 0.1) is 0 Å². The summed E-state index contributed by atoms with van der Waals surface area (Å²) in [5.74, 6) is -0.667. The maximum Gasteiger partial charge on any atom is 0.254 e. The van der Waals surface area contributed by atoms with Crippen LogP contribution in [0.2, 0.25) is 0 Å². The number of amides is 1. The minimum Gasteiger partial charge on any atom is -0.334 e. The van der Waals surface area contributed by atoms with E-state index < -0.39 is 6.04 Å². The summed E-state index contributed by atoms with van der Waals surface area (Å²) in [4.78, 5) is 41.5. The number of likely N-dealkylation sites (N-methyl/N-ethyl adjacent to an activating group) is 1. The molecule has 1 aliphatic rings. The van der Waals surface area contributed by atoms with Gasteiger partial charge in [0.05, 0.1) is 33.2 Å². The number of nitrogens with zero attached hydrogens (tertiary/aromatic N) is 2. The van der Waals surface area contributed by atoms with Gasteiger partial charge in [-0.1, -0.05) is 36.4 Å². The SMILES string of the molecule is C[NH+]1CCN(C(=O)[C@H](C(=O)c2ccccc2)n2ccccc2=O)CC1. The monoisotopic (exact) mass is 340 g/mol. The molecular weight excluding hydrogens is 318 g/mol. The molecule has 25 heavy (non-hydrogen) atoms. The van der Waals surface area contributed by atoms with E-state index in [4.69, 9.17) is 0 Å². The Balaban J connectivity index is 1.98. The lowest BCUT2D eigenvalue weighted by Crippen LogP contribution is -3.12. The highest BCUT2D eigenvalue weighted by atomic mass is 16.2. The Hall–Kier alpha value is -2.73. The highest BCUT2D eigenvalue weighted by molar-refractivity contribution is 6.11. The Bertz CT molecular complexity index is 808. The zero-order valence-corrected chi connectivity index (χ0v) is 14.2. The van der Waals surface area contributed by atoms with Crippen molar-refractivity contribution in [2.45, 2.75) is 6.04 Å². The van der Waals surface area contributed by atoms with Crippen LogP contribution < -0.4 is 10.5 Å². The zero-order valence-electron chi connectivity index (χ0n) is 14.2. The quantitative estimate of drug-likeness (QED) is 0.610. The van der Waals surface area contributed by atoms with Crippen molar-refractivity contribution in [3.8, 4) is 0 Å². The summed E-state index contributed by atoms with van der Waals surface area (Å²) in [6.45, 7) is 2.85. The molecule has 0 radical (unpaired) electrons. The van der Waals surface area contributed by atoms with E-state index in [1.54, 1.807) is 41.3 Å². The third-order valence-corrected chi connectivity index (χ3v) is 4.60. The predicted molar refractivity (Wildman–Crippen MR) is 93.7 cm³/mol. The summed E-state index contributed by atoms with van der Waals surface area (Å²) >= 11 is 0. The van der Waals surface area contributed by atoms with Crippen LogP contribution in [0.25, 0.3) is 0 Å². The number of rotatable bonds is 4. The number of hydrogen-bond acceptors (Lipinski definition) is 3. The first-order valence-electron chi connectivity index (χ1n) is 8.44. The average Bonchev–Trinajstić information content (AvgIpc) is 2.64. The molecule has 1 aromatic heterocycles. The third-order valence-electron chi connectivity index (χ3n) is 4.60. The normalized spacial score (nSPS) is 16.4.